The third kappa shape index (κ3) is 5.95. The molecular weight excluding hydrogens is 352 g/mol. The minimum atomic E-state index is -0.335. The third-order valence-corrected chi connectivity index (χ3v) is 4.92. The van der Waals surface area contributed by atoms with E-state index in [0.29, 0.717) is 24.0 Å². The van der Waals surface area contributed by atoms with Crippen LogP contribution in [-0.4, -0.2) is 24.1 Å². The second-order valence-corrected chi connectivity index (χ2v) is 6.89. The van der Waals surface area contributed by atoms with Crippen molar-refractivity contribution in [1.82, 2.24) is 0 Å². The van der Waals surface area contributed by atoms with Gasteiger partial charge in [0.15, 0.2) is 0 Å². The lowest BCUT2D eigenvalue weighted by Crippen LogP contribution is -2.37. The molecule has 4 nitrogen and oxygen atoms in total. The summed E-state index contributed by atoms with van der Waals surface area (Å²) in [5.41, 5.74) is 1.07. The summed E-state index contributed by atoms with van der Waals surface area (Å²) >= 11 is 0. The van der Waals surface area contributed by atoms with Gasteiger partial charge in [0, 0.05) is 5.92 Å². The monoisotopic (exact) mass is 382 g/mol. The second-order valence-electron chi connectivity index (χ2n) is 6.89. The fourth-order valence-corrected chi connectivity index (χ4v) is 3.45. The maximum atomic E-state index is 12.5. The molecule has 0 saturated carbocycles. The Kier molecular flexibility index (Phi) is 8.73. The molecule has 0 radical (unpaired) electrons. The summed E-state index contributed by atoms with van der Waals surface area (Å²) in [6.45, 7) is 6.08. The third-order valence-electron chi connectivity index (χ3n) is 4.92. The summed E-state index contributed by atoms with van der Waals surface area (Å²) in [6, 6.07) is 18.0. The molecule has 0 bridgehead atoms. The Balaban J connectivity index is 2.14. The molecule has 4 heteroatoms. The molecule has 0 aliphatic carbocycles. The molecule has 2 aromatic rings. The summed E-state index contributed by atoms with van der Waals surface area (Å²) in [5, 5.41) is 0. The fraction of sp³-hybridized carbons (Fsp3) is 0.417. The lowest BCUT2D eigenvalue weighted by Gasteiger charge is -2.32. The second kappa shape index (κ2) is 11.3. The SMILES string of the molecule is CCCC([C@H](CC)OC(=O)c1ccccc1)[C@@H](CC)OC(=O)c1ccccc1. The average Bonchev–Trinajstić information content (AvgIpc) is 2.75. The highest BCUT2D eigenvalue weighted by molar-refractivity contribution is 5.90. The molecule has 0 aliphatic heterocycles. The Bertz CT molecular complexity index is 665. The zero-order valence-electron chi connectivity index (χ0n) is 17.0. The van der Waals surface area contributed by atoms with Gasteiger partial charge in [-0.05, 0) is 43.5 Å². The average molecular weight is 383 g/mol. The van der Waals surface area contributed by atoms with Crippen molar-refractivity contribution in [2.45, 2.75) is 58.7 Å². The first-order valence-corrected chi connectivity index (χ1v) is 10.1. The Morgan fingerprint density at radius 2 is 1.11 bits per heavy atom. The van der Waals surface area contributed by atoms with Crippen molar-refractivity contribution in [2.24, 2.45) is 5.92 Å². The largest absolute Gasteiger partial charge is 0.458 e. The molecule has 0 saturated heterocycles. The number of benzene rings is 2. The van der Waals surface area contributed by atoms with E-state index >= 15 is 0 Å². The van der Waals surface area contributed by atoms with Crippen molar-refractivity contribution >= 4 is 11.9 Å². The normalized spacial score (nSPS) is 14.0. The van der Waals surface area contributed by atoms with E-state index in [9.17, 15) is 9.59 Å². The number of rotatable bonds is 10. The van der Waals surface area contributed by atoms with E-state index in [1.165, 1.54) is 0 Å². The smallest absolute Gasteiger partial charge is 0.338 e. The van der Waals surface area contributed by atoms with Crippen LogP contribution in [0.1, 0.15) is 67.2 Å². The molecule has 0 amide bonds. The van der Waals surface area contributed by atoms with Crippen molar-refractivity contribution in [3.05, 3.63) is 71.8 Å². The van der Waals surface area contributed by atoms with Crippen LogP contribution in [0.15, 0.2) is 60.7 Å². The van der Waals surface area contributed by atoms with Crippen molar-refractivity contribution in [2.75, 3.05) is 0 Å². The van der Waals surface area contributed by atoms with Gasteiger partial charge in [0.25, 0.3) is 0 Å². The van der Waals surface area contributed by atoms with E-state index in [1.807, 2.05) is 50.2 Å². The van der Waals surface area contributed by atoms with Gasteiger partial charge in [-0.1, -0.05) is 63.6 Å². The topological polar surface area (TPSA) is 52.6 Å². The molecular formula is C24H30O4. The molecule has 0 aromatic heterocycles. The van der Waals surface area contributed by atoms with Gasteiger partial charge in [-0.15, -0.1) is 0 Å². The molecule has 0 aliphatic rings. The van der Waals surface area contributed by atoms with Crippen LogP contribution < -0.4 is 0 Å². The van der Waals surface area contributed by atoms with Gasteiger partial charge in [0.05, 0.1) is 11.1 Å². The van der Waals surface area contributed by atoms with E-state index in [1.54, 1.807) is 24.3 Å². The van der Waals surface area contributed by atoms with Crippen LogP contribution in [0.2, 0.25) is 0 Å². The molecule has 0 spiro atoms. The van der Waals surface area contributed by atoms with Crippen LogP contribution in [0.3, 0.4) is 0 Å². The van der Waals surface area contributed by atoms with E-state index in [2.05, 4.69) is 6.92 Å². The standard InChI is InChI=1S/C24H30O4/c1-4-13-20(21(5-2)27-23(25)18-14-9-7-10-15-18)22(6-3)28-24(26)19-16-11-8-12-17-19/h7-12,14-17,20-22H,4-6,13H2,1-3H3/t20?,21-,22+. The van der Waals surface area contributed by atoms with Crippen LogP contribution in [-0.2, 0) is 9.47 Å². The summed E-state index contributed by atoms with van der Waals surface area (Å²) in [5.74, 6) is -0.712. The number of carbonyl (C=O) groups excluding carboxylic acids is 2. The number of hydrogen-bond acceptors (Lipinski definition) is 4. The van der Waals surface area contributed by atoms with Gasteiger partial charge in [-0.2, -0.15) is 0 Å². The molecule has 150 valence electrons. The molecule has 0 heterocycles. The van der Waals surface area contributed by atoms with E-state index in [-0.39, 0.29) is 30.1 Å². The number of esters is 2. The fourth-order valence-electron chi connectivity index (χ4n) is 3.45. The predicted molar refractivity (Wildman–Crippen MR) is 110 cm³/mol. The Hall–Kier alpha value is -2.62. The van der Waals surface area contributed by atoms with Gasteiger partial charge < -0.3 is 9.47 Å². The summed E-state index contributed by atoms with van der Waals surface area (Å²) in [4.78, 5) is 25.1. The van der Waals surface area contributed by atoms with Crippen molar-refractivity contribution in [3.63, 3.8) is 0 Å². The van der Waals surface area contributed by atoms with E-state index in [4.69, 9.17) is 9.47 Å². The van der Waals surface area contributed by atoms with Crippen LogP contribution in [0.4, 0.5) is 0 Å². The van der Waals surface area contributed by atoms with Crippen LogP contribution in [0.5, 0.6) is 0 Å². The zero-order valence-corrected chi connectivity index (χ0v) is 17.0. The van der Waals surface area contributed by atoms with Gasteiger partial charge in [-0.3, -0.25) is 0 Å². The highest BCUT2D eigenvalue weighted by atomic mass is 16.6. The maximum absolute atomic E-state index is 12.5. The molecule has 2 aromatic carbocycles. The van der Waals surface area contributed by atoms with Gasteiger partial charge in [0.1, 0.15) is 12.2 Å². The number of carbonyl (C=O) groups is 2. The zero-order chi connectivity index (χ0) is 20.4. The first-order chi connectivity index (χ1) is 13.6. The molecule has 1 unspecified atom stereocenters. The van der Waals surface area contributed by atoms with Gasteiger partial charge in [-0.25, -0.2) is 9.59 Å². The first-order valence-electron chi connectivity index (χ1n) is 10.1. The molecule has 0 fully saturated rings. The number of ether oxygens (including phenoxy) is 2. The summed E-state index contributed by atoms with van der Waals surface area (Å²) in [6.07, 6.45) is 2.47. The Labute approximate surface area is 167 Å². The van der Waals surface area contributed by atoms with Crippen molar-refractivity contribution < 1.29 is 19.1 Å². The lowest BCUT2D eigenvalue weighted by atomic mass is 9.88. The molecule has 3 atom stereocenters. The van der Waals surface area contributed by atoms with Gasteiger partial charge in [0.2, 0.25) is 0 Å². The van der Waals surface area contributed by atoms with Crippen LogP contribution >= 0.6 is 0 Å². The maximum Gasteiger partial charge on any atom is 0.338 e. The van der Waals surface area contributed by atoms with Crippen molar-refractivity contribution in [1.29, 1.82) is 0 Å². The predicted octanol–water partition coefficient (Wildman–Crippen LogP) is 5.67. The summed E-state index contributed by atoms with van der Waals surface area (Å²) < 4.78 is 11.7. The first kappa shape index (κ1) is 21.7. The van der Waals surface area contributed by atoms with Crippen LogP contribution in [0.25, 0.3) is 0 Å². The van der Waals surface area contributed by atoms with Crippen molar-refractivity contribution in [3.8, 4) is 0 Å². The molecule has 28 heavy (non-hydrogen) atoms. The minimum absolute atomic E-state index is 0.0414. The highest BCUT2D eigenvalue weighted by Gasteiger charge is 2.32. The van der Waals surface area contributed by atoms with Gasteiger partial charge >= 0.3 is 11.9 Å². The quantitative estimate of drug-likeness (QED) is 0.497. The van der Waals surface area contributed by atoms with E-state index < -0.39 is 0 Å². The van der Waals surface area contributed by atoms with E-state index in [0.717, 1.165) is 12.8 Å². The minimum Gasteiger partial charge on any atom is -0.458 e. The highest BCUT2D eigenvalue weighted by Crippen LogP contribution is 2.27. The lowest BCUT2D eigenvalue weighted by molar-refractivity contribution is -0.0377. The van der Waals surface area contributed by atoms with Crippen LogP contribution in [0, 0.1) is 5.92 Å². The Morgan fingerprint density at radius 1 is 0.714 bits per heavy atom. The summed E-state index contributed by atoms with van der Waals surface area (Å²) in [7, 11) is 0. The Morgan fingerprint density at radius 3 is 1.43 bits per heavy atom. The molecule has 0 N–H and O–H groups in total. The number of hydrogen-bond donors (Lipinski definition) is 0. The molecule has 2 rings (SSSR count).